The van der Waals surface area contributed by atoms with Gasteiger partial charge in [-0.15, -0.1) is 21.5 Å². The number of aromatic nitrogens is 2. The molecule has 22 heavy (non-hydrogen) atoms. The fourth-order valence-electron chi connectivity index (χ4n) is 2.48. The zero-order valence-electron chi connectivity index (χ0n) is 11.6. The smallest absolute Gasteiger partial charge is 0.257 e. The van der Waals surface area contributed by atoms with E-state index in [0.717, 1.165) is 0 Å². The molecule has 108 valence electrons. The van der Waals surface area contributed by atoms with Crippen LogP contribution in [0, 0.1) is 0 Å². The van der Waals surface area contributed by atoms with E-state index < -0.39 is 0 Å². The monoisotopic (exact) mass is 310 g/mol. The Morgan fingerprint density at radius 1 is 1.05 bits per heavy atom. The highest BCUT2D eigenvalue weighted by Crippen LogP contribution is 2.37. The van der Waals surface area contributed by atoms with E-state index in [2.05, 4.69) is 10.2 Å². The van der Waals surface area contributed by atoms with Crippen molar-refractivity contribution in [3.63, 3.8) is 0 Å². The molecule has 4 rings (SSSR count). The number of carbonyl (C=O) groups excluding carboxylic acids is 2. The van der Waals surface area contributed by atoms with Gasteiger partial charge in [-0.25, -0.2) is 0 Å². The molecule has 1 aliphatic rings. The maximum absolute atomic E-state index is 12.6. The first-order valence-corrected chi connectivity index (χ1v) is 7.65. The van der Waals surface area contributed by atoms with Gasteiger partial charge in [0.25, 0.3) is 5.89 Å². The minimum absolute atomic E-state index is 0.128. The minimum atomic E-state index is -0.136. The molecule has 1 aromatic carbocycles. The van der Waals surface area contributed by atoms with Crippen molar-refractivity contribution in [3.8, 4) is 10.8 Å². The SMILES string of the molecule is CCc1nnc(-c2cc3c(s2)C(=O)c2ccccc2C3=O)o1. The third kappa shape index (κ3) is 1.77. The number of hydrogen-bond donors (Lipinski definition) is 0. The molecular weight excluding hydrogens is 300 g/mol. The summed E-state index contributed by atoms with van der Waals surface area (Å²) in [7, 11) is 0. The highest BCUT2D eigenvalue weighted by molar-refractivity contribution is 7.18. The molecule has 0 atom stereocenters. The van der Waals surface area contributed by atoms with E-state index in [4.69, 9.17) is 4.42 Å². The quantitative estimate of drug-likeness (QED) is 0.568. The third-order valence-corrected chi connectivity index (χ3v) is 4.70. The lowest BCUT2D eigenvalue weighted by Crippen LogP contribution is -2.18. The first-order valence-electron chi connectivity index (χ1n) is 6.84. The van der Waals surface area contributed by atoms with E-state index in [0.29, 0.717) is 44.6 Å². The first kappa shape index (κ1) is 13.1. The van der Waals surface area contributed by atoms with Gasteiger partial charge in [0.2, 0.25) is 11.7 Å². The van der Waals surface area contributed by atoms with Gasteiger partial charge in [-0.1, -0.05) is 31.2 Å². The molecule has 0 unspecified atom stereocenters. The summed E-state index contributed by atoms with van der Waals surface area (Å²) >= 11 is 1.22. The average molecular weight is 310 g/mol. The van der Waals surface area contributed by atoms with Crippen LogP contribution in [0.1, 0.15) is 44.0 Å². The Bertz CT molecular complexity index is 871. The number of hydrogen-bond acceptors (Lipinski definition) is 6. The second-order valence-corrected chi connectivity index (χ2v) is 5.96. The lowest BCUT2D eigenvalue weighted by atomic mass is 9.89. The van der Waals surface area contributed by atoms with Crippen LogP contribution in [0.2, 0.25) is 0 Å². The predicted octanol–water partition coefficient (Wildman–Crippen LogP) is 3.14. The van der Waals surface area contributed by atoms with Crippen LogP contribution >= 0.6 is 11.3 Å². The van der Waals surface area contributed by atoms with Crippen LogP contribution in [0.3, 0.4) is 0 Å². The van der Waals surface area contributed by atoms with Crippen LogP contribution in [0.25, 0.3) is 10.8 Å². The molecule has 0 aliphatic heterocycles. The number of rotatable bonds is 2. The molecule has 0 N–H and O–H groups in total. The van der Waals surface area contributed by atoms with E-state index in [1.807, 2.05) is 6.92 Å². The van der Waals surface area contributed by atoms with Crippen molar-refractivity contribution >= 4 is 22.9 Å². The third-order valence-electron chi connectivity index (χ3n) is 3.58. The van der Waals surface area contributed by atoms with Crippen molar-refractivity contribution in [2.24, 2.45) is 0 Å². The van der Waals surface area contributed by atoms with E-state index in [1.54, 1.807) is 30.3 Å². The second kappa shape index (κ2) is 4.71. The zero-order valence-corrected chi connectivity index (χ0v) is 12.4. The normalized spacial score (nSPS) is 13.1. The van der Waals surface area contributed by atoms with Crippen molar-refractivity contribution in [2.75, 3.05) is 0 Å². The summed E-state index contributed by atoms with van der Waals surface area (Å²) in [6, 6.07) is 8.55. The molecule has 1 aliphatic carbocycles. The van der Waals surface area contributed by atoms with Crippen molar-refractivity contribution in [3.05, 3.63) is 57.8 Å². The van der Waals surface area contributed by atoms with Crippen LogP contribution < -0.4 is 0 Å². The molecule has 0 amide bonds. The fraction of sp³-hybridized carbons (Fsp3) is 0.125. The summed E-state index contributed by atoms with van der Waals surface area (Å²) < 4.78 is 5.51. The van der Waals surface area contributed by atoms with E-state index in [1.165, 1.54) is 11.3 Å². The topological polar surface area (TPSA) is 73.1 Å². The lowest BCUT2D eigenvalue weighted by Gasteiger charge is -2.12. The molecule has 0 saturated carbocycles. The number of fused-ring (bicyclic) bond motifs is 2. The van der Waals surface area contributed by atoms with Gasteiger partial charge in [0.1, 0.15) is 0 Å². The maximum atomic E-state index is 12.6. The van der Waals surface area contributed by atoms with Gasteiger partial charge in [-0.2, -0.15) is 0 Å². The Morgan fingerprint density at radius 2 is 1.77 bits per heavy atom. The molecule has 0 fully saturated rings. The van der Waals surface area contributed by atoms with Gasteiger partial charge < -0.3 is 4.42 Å². The van der Waals surface area contributed by atoms with E-state index in [-0.39, 0.29) is 11.6 Å². The summed E-state index contributed by atoms with van der Waals surface area (Å²) in [4.78, 5) is 26.2. The number of benzene rings is 1. The minimum Gasteiger partial charge on any atom is -0.420 e. The highest BCUT2D eigenvalue weighted by Gasteiger charge is 2.32. The fourth-order valence-corrected chi connectivity index (χ4v) is 3.51. The molecule has 0 radical (unpaired) electrons. The Labute approximate surface area is 129 Å². The molecule has 0 saturated heterocycles. The Morgan fingerprint density at radius 3 is 2.45 bits per heavy atom. The first-order chi connectivity index (χ1) is 10.7. The molecular formula is C16H10N2O3S. The van der Waals surface area contributed by atoms with Crippen molar-refractivity contribution in [1.29, 1.82) is 0 Å². The summed E-state index contributed by atoms with van der Waals surface area (Å²) in [5, 5.41) is 7.89. The summed E-state index contributed by atoms with van der Waals surface area (Å²) in [6.45, 7) is 1.92. The molecule has 0 spiro atoms. The highest BCUT2D eigenvalue weighted by atomic mass is 32.1. The van der Waals surface area contributed by atoms with Crippen molar-refractivity contribution in [2.45, 2.75) is 13.3 Å². The van der Waals surface area contributed by atoms with Crippen molar-refractivity contribution < 1.29 is 14.0 Å². The number of thiophene rings is 1. The molecule has 2 aromatic heterocycles. The number of carbonyl (C=O) groups is 2. The number of nitrogens with zero attached hydrogens (tertiary/aromatic N) is 2. The maximum Gasteiger partial charge on any atom is 0.257 e. The predicted molar refractivity (Wildman–Crippen MR) is 80.3 cm³/mol. The zero-order chi connectivity index (χ0) is 15.3. The largest absolute Gasteiger partial charge is 0.420 e. The molecule has 5 nitrogen and oxygen atoms in total. The Balaban J connectivity index is 1.86. The molecule has 6 heteroatoms. The lowest BCUT2D eigenvalue weighted by molar-refractivity contribution is 0.0982. The van der Waals surface area contributed by atoms with Crippen LogP contribution in [-0.2, 0) is 6.42 Å². The van der Waals surface area contributed by atoms with Gasteiger partial charge in [0.05, 0.1) is 9.75 Å². The number of aryl methyl sites for hydroxylation is 1. The average Bonchev–Trinajstić information content (AvgIpc) is 3.19. The van der Waals surface area contributed by atoms with Crippen LogP contribution in [0.15, 0.2) is 34.7 Å². The van der Waals surface area contributed by atoms with E-state index in [9.17, 15) is 9.59 Å². The van der Waals surface area contributed by atoms with Gasteiger partial charge in [0, 0.05) is 23.1 Å². The van der Waals surface area contributed by atoms with Gasteiger partial charge in [-0.05, 0) is 6.07 Å². The second-order valence-electron chi connectivity index (χ2n) is 4.91. The van der Waals surface area contributed by atoms with Crippen LogP contribution in [0.5, 0.6) is 0 Å². The molecule has 2 heterocycles. The van der Waals surface area contributed by atoms with Crippen LogP contribution in [0.4, 0.5) is 0 Å². The summed E-state index contributed by atoms with van der Waals surface area (Å²) in [5.41, 5.74) is 1.32. The molecule has 3 aromatic rings. The number of ketones is 2. The van der Waals surface area contributed by atoms with E-state index >= 15 is 0 Å². The van der Waals surface area contributed by atoms with Gasteiger partial charge in [0.15, 0.2) is 5.78 Å². The summed E-state index contributed by atoms with van der Waals surface area (Å²) in [6.07, 6.45) is 0.640. The Kier molecular flexibility index (Phi) is 2.80. The van der Waals surface area contributed by atoms with Gasteiger partial charge in [-0.3, -0.25) is 9.59 Å². The molecule has 0 bridgehead atoms. The van der Waals surface area contributed by atoms with Crippen LogP contribution in [-0.4, -0.2) is 21.8 Å². The van der Waals surface area contributed by atoms with Gasteiger partial charge >= 0.3 is 0 Å². The Hall–Kier alpha value is -2.60. The van der Waals surface area contributed by atoms with Crippen molar-refractivity contribution in [1.82, 2.24) is 10.2 Å². The standard InChI is InChI=1S/C16H10N2O3S/c1-2-12-17-18-16(21-12)11-7-10-13(19)8-5-3-4-6-9(8)14(20)15(10)22-11/h3-7H,2H2,1H3. The summed E-state index contributed by atoms with van der Waals surface area (Å²) in [5.74, 6) is 0.614.